The Morgan fingerprint density at radius 1 is 1.05 bits per heavy atom. The molecular formula is C15H17N5. The molecule has 3 aromatic rings. The monoisotopic (exact) mass is 267 g/mol. The lowest BCUT2D eigenvalue weighted by molar-refractivity contribution is 0.332. The summed E-state index contributed by atoms with van der Waals surface area (Å²) < 4.78 is 3.98. The molecule has 3 aromatic heterocycles. The van der Waals surface area contributed by atoms with Crippen LogP contribution >= 0.6 is 0 Å². The van der Waals surface area contributed by atoms with E-state index >= 15 is 0 Å². The van der Waals surface area contributed by atoms with Crippen molar-refractivity contribution in [2.24, 2.45) is 0 Å². The summed E-state index contributed by atoms with van der Waals surface area (Å²) in [5.74, 6) is 0.943. The average Bonchev–Trinajstić information content (AvgIpc) is 3.14. The zero-order valence-corrected chi connectivity index (χ0v) is 11.3. The third-order valence-corrected chi connectivity index (χ3v) is 4.16. The fourth-order valence-corrected chi connectivity index (χ4v) is 3.14. The van der Waals surface area contributed by atoms with Crippen molar-refractivity contribution in [2.75, 3.05) is 0 Å². The van der Waals surface area contributed by atoms with Crippen molar-refractivity contribution in [3.63, 3.8) is 0 Å². The van der Waals surface area contributed by atoms with Crippen molar-refractivity contribution in [3.05, 3.63) is 36.9 Å². The van der Waals surface area contributed by atoms with Gasteiger partial charge < -0.3 is 0 Å². The SMILES string of the molecule is c1ccn2ncc(-c3ncnn3C3CCCCC3)c2c1. The lowest BCUT2D eigenvalue weighted by atomic mass is 9.95. The molecule has 102 valence electrons. The van der Waals surface area contributed by atoms with Crippen LogP contribution in [0.1, 0.15) is 38.1 Å². The number of aromatic nitrogens is 5. The molecule has 0 unspecified atom stereocenters. The van der Waals surface area contributed by atoms with Crippen molar-refractivity contribution in [2.45, 2.75) is 38.1 Å². The summed E-state index contributed by atoms with van der Waals surface area (Å²) in [6.07, 6.45) is 11.8. The second-order valence-corrected chi connectivity index (χ2v) is 5.41. The van der Waals surface area contributed by atoms with Gasteiger partial charge in [0.15, 0.2) is 5.82 Å². The van der Waals surface area contributed by atoms with Gasteiger partial charge in [-0.15, -0.1) is 0 Å². The molecule has 1 fully saturated rings. The van der Waals surface area contributed by atoms with Crippen LogP contribution in [-0.2, 0) is 0 Å². The van der Waals surface area contributed by atoms with Gasteiger partial charge in [0.05, 0.1) is 23.3 Å². The molecule has 4 rings (SSSR count). The minimum Gasteiger partial charge on any atom is -0.243 e. The first kappa shape index (κ1) is 11.6. The van der Waals surface area contributed by atoms with Gasteiger partial charge in [0.1, 0.15) is 6.33 Å². The van der Waals surface area contributed by atoms with Crippen LogP contribution in [0.15, 0.2) is 36.9 Å². The van der Waals surface area contributed by atoms with Gasteiger partial charge in [-0.1, -0.05) is 25.3 Å². The first-order chi connectivity index (χ1) is 9.93. The molecule has 1 aliphatic rings. The van der Waals surface area contributed by atoms with Crippen molar-refractivity contribution in [1.29, 1.82) is 0 Å². The predicted molar refractivity (Wildman–Crippen MR) is 76.3 cm³/mol. The summed E-state index contributed by atoms with van der Waals surface area (Å²) in [7, 11) is 0. The molecule has 0 spiro atoms. The van der Waals surface area contributed by atoms with E-state index in [4.69, 9.17) is 0 Å². The summed E-state index contributed by atoms with van der Waals surface area (Å²) in [4.78, 5) is 4.48. The van der Waals surface area contributed by atoms with Gasteiger partial charge >= 0.3 is 0 Å². The van der Waals surface area contributed by atoms with Crippen molar-refractivity contribution in [3.8, 4) is 11.4 Å². The van der Waals surface area contributed by atoms with Gasteiger partial charge in [-0.2, -0.15) is 10.2 Å². The van der Waals surface area contributed by atoms with Crippen LogP contribution in [0.3, 0.4) is 0 Å². The molecule has 0 aromatic carbocycles. The molecule has 0 aliphatic heterocycles. The summed E-state index contributed by atoms with van der Waals surface area (Å²) >= 11 is 0. The summed E-state index contributed by atoms with van der Waals surface area (Å²) in [5, 5.41) is 8.87. The first-order valence-electron chi connectivity index (χ1n) is 7.26. The van der Waals surface area contributed by atoms with Crippen molar-refractivity contribution in [1.82, 2.24) is 24.4 Å². The van der Waals surface area contributed by atoms with E-state index in [1.54, 1.807) is 6.33 Å². The standard InChI is InChI=1S/C15H17N5/c1-2-6-12(7-3-1)20-15(16-11-18-20)13-10-17-19-9-5-4-8-14(13)19/h4-5,8-12H,1-3,6-7H2. The number of fused-ring (bicyclic) bond motifs is 1. The van der Waals surface area contributed by atoms with Crippen LogP contribution in [0.5, 0.6) is 0 Å². The zero-order valence-electron chi connectivity index (χ0n) is 11.3. The van der Waals surface area contributed by atoms with Gasteiger partial charge in [0.25, 0.3) is 0 Å². The van der Waals surface area contributed by atoms with E-state index in [0.717, 1.165) is 16.9 Å². The molecule has 0 amide bonds. The summed E-state index contributed by atoms with van der Waals surface area (Å²) in [6, 6.07) is 6.57. The fourth-order valence-electron chi connectivity index (χ4n) is 3.14. The smallest absolute Gasteiger partial charge is 0.162 e. The second-order valence-electron chi connectivity index (χ2n) is 5.41. The summed E-state index contributed by atoms with van der Waals surface area (Å²) in [5.41, 5.74) is 2.14. The molecule has 0 radical (unpaired) electrons. The zero-order chi connectivity index (χ0) is 13.4. The predicted octanol–water partition coefficient (Wildman–Crippen LogP) is 3.10. The Morgan fingerprint density at radius 3 is 2.85 bits per heavy atom. The molecule has 5 nitrogen and oxygen atoms in total. The van der Waals surface area contributed by atoms with Crippen LogP contribution in [0.25, 0.3) is 16.9 Å². The van der Waals surface area contributed by atoms with Crippen LogP contribution in [0.2, 0.25) is 0 Å². The largest absolute Gasteiger partial charge is 0.243 e. The molecule has 0 atom stereocenters. The number of hydrogen-bond acceptors (Lipinski definition) is 3. The lowest BCUT2D eigenvalue weighted by Gasteiger charge is -2.22. The highest BCUT2D eigenvalue weighted by atomic mass is 15.4. The Hall–Kier alpha value is -2.17. The topological polar surface area (TPSA) is 48.0 Å². The average molecular weight is 267 g/mol. The van der Waals surface area contributed by atoms with Gasteiger partial charge in [-0.3, -0.25) is 0 Å². The fraction of sp³-hybridized carbons (Fsp3) is 0.400. The third kappa shape index (κ3) is 1.81. The minimum atomic E-state index is 0.486. The van der Waals surface area contributed by atoms with Crippen molar-refractivity contribution >= 4 is 5.52 Å². The maximum absolute atomic E-state index is 4.48. The van der Waals surface area contributed by atoms with Gasteiger partial charge in [-0.05, 0) is 25.0 Å². The minimum absolute atomic E-state index is 0.486. The highest BCUT2D eigenvalue weighted by Crippen LogP contribution is 2.31. The van der Waals surface area contributed by atoms with Crippen LogP contribution < -0.4 is 0 Å². The molecule has 1 aliphatic carbocycles. The number of hydrogen-bond donors (Lipinski definition) is 0. The molecule has 0 saturated heterocycles. The Kier molecular flexibility index (Phi) is 2.76. The molecule has 1 saturated carbocycles. The van der Waals surface area contributed by atoms with Gasteiger partial charge in [0, 0.05) is 6.20 Å². The quantitative estimate of drug-likeness (QED) is 0.716. The van der Waals surface area contributed by atoms with E-state index in [2.05, 4.69) is 25.9 Å². The molecule has 0 bridgehead atoms. The number of nitrogens with zero attached hydrogens (tertiary/aromatic N) is 5. The van der Waals surface area contributed by atoms with E-state index < -0.39 is 0 Å². The Morgan fingerprint density at radius 2 is 1.95 bits per heavy atom. The maximum atomic E-state index is 4.48. The lowest BCUT2D eigenvalue weighted by Crippen LogP contribution is -2.15. The van der Waals surface area contributed by atoms with Gasteiger partial charge in [-0.25, -0.2) is 14.2 Å². The normalized spacial score (nSPS) is 16.8. The van der Waals surface area contributed by atoms with Crippen LogP contribution in [0.4, 0.5) is 0 Å². The molecular weight excluding hydrogens is 250 g/mol. The molecule has 3 heterocycles. The van der Waals surface area contributed by atoms with E-state index in [1.807, 2.05) is 29.0 Å². The van der Waals surface area contributed by atoms with E-state index in [1.165, 1.54) is 32.1 Å². The summed E-state index contributed by atoms with van der Waals surface area (Å²) in [6.45, 7) is 0. The van der Waals surface area contributed by atoms with E-state index in [0.29, 0.717) is 6.04 Å². The highest BCUT2D eigenvalue weighted by Gasteiger charge is 2.21. The number of pyridine rings is 1. The number of rotatable bonds is 2. The van der Waals surface area contributed by atoms with Crippen molar-refractivity contribution < 1.29 is 0 Å². The third-order valence-electron chi connectivity index (χ3n) is 4.16. The Bertz CT molecular complexity index is 721. The van der Waals surface area contributed by atoms with Crippen LogP contribution in [-0.4, -0.2) is 24.4 Å². The Balaban J connectivity index is 1.81. The van der Waals surface area contributed by atoms with Gasteiger partial charge in [0.2, 0.25) is 0 Å². The highest BCUT2D eigenvalue weighted by molar-refractivity contribution is 5.75. The molecule has 5 heteroatoms. The van der Waals surface area contributed by atoms with E-state index in [-0.39, 0.29) is 0 Å². The molecule has 0 N–H and O–H groups in total. The molecule has 20 heavy (non-hydrogen) atoms. The van der Waals surface area contributed by atoms with Crippen LogP contribution in [0, 0.1) is 0 Å². The second kappa shape index (κ2) is 4.74. The van der Waals surface area contributed by atoms with E-state index in [9.17, 15) is 0 Å². The maximum Gasteiger partial charge on any atom is 0.162 e. The Labute approximate surface area is 117 Å². The first-order valence-corrected chi connectivity index (χ1v) is 7.26.